The summed E-state index contributed by atoms with van der Waals surface area (Å²) in [6.07, 6.45) is 3.39. The van der Waals surface area contributed by atoms with Crippen LogP contribution in [0.1, 0.15) is 15.9 Å². The highest BCUT2D eigenvalue weighted by Gasteiger charge is 2.13. The van der Waals surface area contributed by atoms with Crippen molar-refractivity contribution in [3.63, 3.8) is 0 Å². The van der Waals surface area contributed by atoms with Gasteiger partial charge in [-0.1, -0.05) is 48.5 Å². The molecule has 0 aliphatic heterocycles. The lowest BCUT2D eigenvalue weighted by atomic mass is 10.0. The fourth-order valence-corrected chi connectivity index (χ4v) is 3.65. The van der Waals surface area contributed by atoms with E-state index in [1.54, 1.807) is 47.4 Å². The van der Waals surface area contributed by atoms with E-state index in [0.29, 0.717) is 16.9 Å². The molecular formula is C27H19FN4O2. The predicted molar refractivity (Wildman–Crippen MR) is 131 cm³/mol. The number of aromatic carboxylic acids is 1. The number of nitrogens with zero attached hydrogens (tertiary/aromatic N) is 3. The third kappa shape index (κ3) is 4.27. The first-order chi connectivity index (χ1) is 16.6. The van der Waals surface area contributed by atoms with Gasteiger partial charge in [-0.2, -0.15) is 10.2 Å². The van der Waals surface area contributed by atoms with Crippen molar-refractivity contribution in [3.05, 3.63) is 114 Å². The first-order valence-corrected chi connectivity index (χ1v) is 10.5. The molecule has 0 saturated carbocycles. The molecule has 5 rings (SSSR count). The van der Waals surface area contributed by atoms with E-state index < -0.39 is 11.8 Å². The molecule has 0 amide bonds. The van der Waals surface area contributed by atoms with Gasteiger partial charge in [0.15, 0.2) is 0 Å². The molecule has 0 aliphatic carbocycles. The lowest BCUT2D eigenvalue weighted by molar-refractivity contribution is 0.0697. The minimum Gasteiger partial charge on any atom is -0.478 e. The number of hydrogen-bond donors (Lipinski definition) is 2. The number of fused-ring (bicyclic) bond motifs is 1. The van der Waals surface area contributed by atoms with Gasteiger partial charge in [0, 0.05) is 17.3 Å². The summed E-state index contributed by atoms with van der Waals surface area (Å²) in [6, 6.07) is 26.9. The zero-order chi connectivity index (χ0) is 23.5. The SMILES string of the molecule is O=C(O)c1ccc(-n2cc(/C=N/Nc3ccccc3F)c(-c3ccc4ccccc4c3)n2)cc1. The monoisotopic (exact) mass is 450 g/mol. The van der Waals surface area contributed by atoms with Crippen LogP contribution in [0.15, 0.2) is 102 Å². The summed E-state index contributed by atoms with van der Waals surface area (Å²) in [4.78, 5) is 11.2. The Kier molecular flexibility index (Phi) is 5.58. The highest BCUT2D eigenvalue weighted by atomic mass is 19.1. The van der Waals surface area contributed by atoms with Crippen LogP contribution in [0.5, 0.6) is 0 Å². The summed E-state index contributed by atoms with van der Waals surface area (Å²) in [5.41, 5.74) is 6.19. The average Bonchev–Trinajstić information content (AvgIpc) is 3.29. The smallest absolute Gasteiger partial charge is 0.335 e. The third-order valence-corrected chi connectivity index (χ3v) is 5.41. The number of hydrazone groups is 1. The van der Waals surface area contributed by atoms with Gasteiger partial charge in [0.2, 0.25) is 0 Å². The number of carbonyl (C=O) groups is 1. The Balaban J connectivity index is 1.55. The summed E-state index contributed by atoms with van der Waals surface area (Å²) < 4.78 is 15.6. The maximum absolute atomic E-state index is 13.9. The second-order valence-electron chi connectivity index (χ2n) is 7.64. The van der Waals surface area contributed by atoms with E-state index >= 15 is 0 Å². The van der Waals surface area contributed by atoms with Crippen LogP contribution < -0.4 is 5.43 Å². The maximum atomic E-state index is 13.9. The number of rotatable bonds is 6. The molecule has 0 atom stereocenters. The summed E-state index contributed by atoms with van der Waals surface area (Å²) in [5, 5.41) is 20.3. The zero-order valence-corrected chi connectivity index (χ0v) is 17.9. The molecular weight excluding hydrogens is 431 g/mol. The van der Waals surface area contributed by atoms with Crippen LogP contribution in [0.3, 0.4) is 0 Å². The summed E-state index contributed by atoms with van der Waals surface area (Å²) in [6.45, 7) is 0. The second-order valence-corrected chi connectivity index (χ2v) is 7.64. The Morgan fingerprint density at radius 2 is 1.68 bits per heavy atom. The number of carboxylic acid groups (broad SMARTS) is 1. The Morgan fingerprint density at radius 3 is 2.44 bits per heavy atom. The van der Waals surface area contributed by atoms with Gasteiger partial charge in [-0.3, -0.25) is 5.43 Å². The summed E-state index contributed by atoms with van der Waals surface area (Å²) in [5.74, 6) is -1.39. The number of carboxylic acids is 1. The van der Waals surface area contributed by atoms with Crippen LogP contribution in [0.2, 0.25) is 0 Å². The number of benzene rings is 4. The molecule has 1 aromatic heterocycles. The van der Waals surface area contributed by atoms with Gasteiger partial charge in [-0.15, -0.1) is 0 Å². The Hall–Kier alpha value is -4.78. The molecule has 0 spiro atoms. The molecule has 0 aliphatic rings. The van der Waals surface area contributed by atoms with E-state index in [0.717, 1.165) is 16.3 Å². The molecule has 7 heteroatoms. The van der Waals surface area contributed by atoms with Gasteiger partial charge in [0.1, 0.15) is 11.5 Å². The van der Waals surface area contributed by atoms with Gasteiger partial charge >= 0.3 is 5.97 Å². The molecule has 4 aromatic carbocycles. The average molecular weight is 450 g/mol. The minimum absolute atomic E-state index is 0.196. The van der Waals surface area contributed by atoms with Crippen molar-refractivity contribution in [3.8, 4) is 16.9 Å². The van der Waals surface area contributed by atoms with Crippen LogP contribution in [-0.2, 0) is 0 Å². The second kappa shape index (κ2) is 8.99. The van der Waals surface area contributed by atoms with Crippen LogP contribution in [0.4, 0.5) is 10.1 Å². The molecule has 6 nitrogen and oxygen atoms in total. The van der Waals surface area contributed by atoms with E-state index in [2.05, 4.69) is 16.6 Å². The minimum atomic E-state index is -0.990. The lowest BCUT2D eigenvalue weighted by Gasteiger charge is -2.04. The van der Waals surface area contributed by atoms with Crippen molar-refractivity contribution in [1.29, 1.82) is 0 Å². The Morgan fingerprint density at radius 1 is 0.941 bits per heavy atom. The van der Waals surface area contributed by atoms with Crippen LogP contribution in [0, 0.1) is 5.82 Å². The number of hydrogen-bond acceptors (Lipinski definition) is 4. The Bertz CT molecular complexity index is 1520. The fourth-order valence-electron chi connectivity index (χ4n) is 3.65. The molecule has 166 valence electrons. The largest absolute Gasteiger partial charge is 0.478 e. The standard InChI is InChI=1S/C27H19FN4O2/c28-24-7-3-4-8-25(24)30-29-16-22-17-32(23-13-11-19(12-14-23)27(33)34)31-26(22)21-10-9-18-5-1-2-6-20(18)15-21/h1-17,30H,(H,33,34)/b29-16+. The molecule has 1 heterocycles. The number of nitrogens with one attached hydrogen (secondary N) is 1. The lowest BCUT2D eigenvalue weighted by Crippen LogP contribution is -1.99. The number of aromatic nitrogens is 2. The van der Waals surface area contributed by atoms with E-state index in [9.17, 15) is 9.18 Å². The Labute approximate surface area is 194 Å². The number of halogens is 1. The quantitative estimate of drug-likeness (QED) is 0.247. The van der Waals surface area contributed by atoms with Crippen molar-refractivity contribution in [2.45, 2.75) is 0 Å². The van der Waals surface area contributed by atoms with Gasteiger partial charge < -0.3 is 5.11 Å². The first kappa shape index (κ1) is 21.1. The van der Waals surface area contributed by atoms with Crippen LogP contribution >= 0.6 is 0 Å². The van der Waals surface area contributed by atoms with Gasteiger partial charge in [0.25, 0.3) is 0 Å². The van der Waals surface area contributed by atoms with E-state index in [1.807, 2.05) is 36.4 Å². The highest BCUT2D eigenvalue weighted by molar-refractivity contribution is 5.93. The van der Waals surface area contributed by atoms with Gasteiger partial charge in [-0.05, 0) is 53.2 Å². The van der Waals surface area contributed by atoms with Crippen molar-refractivity contribution < 1.29 is 14.3 Å². The number of anilines is 1. The maximum Gasteiger partial charge on any atom is 0.335 e. The van der Waals surface area contributed by atoms with Crippen LogP contribution in [-0.4, -0.2) is 27.1 Å². The molecule has 0 radical (unpaired) electrons. The zero-order valence-electron chi connectivity index (χ0n) is 17.9. The molecule has 0 unspecified atom stereocenters. The predicted octanol–water partition coefficient (Wildman–Crippen LogP) is 5.98. The van der Waals surface area contributed by atoms with Crippen molar-refractivity contribution in [2.24, 2.45) is 5.10 Å². The fraction of sp³-hybridized carbons (Fsp3) is 0. The van der Waals surface area contributed by atoms with E-state index in [4.69, 9.17) is 10.2 Å². The third-order valence-electron chi connectivity index (χ3n) is 5.41. The van der Waals surface area contributed by atoms with Crippen molar-refractivity contribution in [2.75, 3.05) is 5.43 Å². The topological polar surface area (TPSA) is 79.5 Å². The van der Waals surface area contributed by atoms with E-state index in [1.165, 1.54) is 18.2 Å². The summed E-state index contributed by atoms with van der Waals surface area (Å²) in [7, 11) is 0. The molecule has 2 N–H and O–H groups in total. The normalized spacial score (nSPS) is 11.2. The van der Waals surface area contributed by atoms with Gasteiger partial charge in [0.05, 0.1) is 23.2 Å². The first-order valence-electron chi connectivity index (χ1n) is 10.5. The molecule has 0 fully saturated rings. The van der Waals surface area contributed by atoms with E-state index in [-0.39, 0.29) is 11.3 Å². The van der Waals surface area contributed by atoms with Crippen molar-refractivity contribution in [1.82, 2.24) is 9.78 Å². The summed E-state index contributed by atoms with van der Waals surface area (Å²) >= 11 is 0. The molecule has 5 aromatic rings. The molecule has 0 saturated heterocycles. The highest BCUT2D eigenvalue weighted by Crippen LogP contribution is 2.27. The molecule has 34 heavy (non-hydrogen) atoms. The van der Waals surface area contributed by atoms with Crippen molar-refractivity contribution >= 4 is 28.6 Å². The van der Waals surface area contributed by atoms with Crippen LogP contribution in [0.25, 0.3) is 27.7 Å². The van der Waals surface area contributed by atoms with Gasteiger partial charge in [-0.25, -0.2) is 13.9 Å². The molecule has 0 bridgehead atoms. The number of para-hydroxylation sites is 1.